The molecule has 0 aromatic heterocycles. The van der Waals surface area contributed by atoms with E-state index in [2.05, 4.69) is 5.32 Å². The predicted molar refractivity (Wildman–Crippen MR) is 71.4 cm³/mol. The molecule has 1 aliphatic heterocycles. The van der Waals surface area contributed by atoms with E-state index in [1.807, 2.05) is 6.08 Å². The molecular weight excluding hydrogens is 266 g/mol. The summed E-state index contributed by atoms with van der Waals surface area (Å²) in [7, 11) is -3.71. The molecule has 1 heterocycles. The SMILES string of the molecule is CS(=O)(=O)OC(C(=O)c1ccccc1)[C@@H]1C=CCN1. The first-order chi connectivity index (χ1) is 8.97. The van der Waals surface area contributed by atoms with Crippen molar-refractivity contribution >= 4 is 15.9 Å². The lowest BCUT2D eigenvalue weighted by atomic mass is 10.0. The number of rotatable bonds is 5. The Bertz CT molecular complexity index is 580. The Balaban J connectivity index is 2.27. The van der Waals surface area contributed by atoms with Crippen molar-refractivity contribution in [3.63, 3.8) is 0 Å². The molecule has 0 radical (unpaired) electrons. The molecule has 1 unspecified atom stereocenters. The molecule has 2 rings (SSSR count). The van der Waals surface area contributed by atoms with Crippen LogP contribution in [0.25, 0.3) is 0 Å². The lowest BCUT2D eigenvalue weighted by molar-refractivity contribution is 0.0771. The van der Waals surface area contributed by atoms with Gasteiger partial charge in [-0.2, -0.15) is 8.42 Å². The molecule has 1 aromatic rings. The van der Waals surface area contributed by atoms with Gasteiger partial charge in [0.15, 0.2) is 11.9 Å². The molecule has 0 saturated heterocycles. The molecule has 0 bridgehead atoms. The third-order valence-electron chi connectivity index (χ3n) is 2.74. The second kappa shape index (κ2) is 5.64. The van der Waals surface area contributed by atoms with Gasteiger partial charge in [0, 0.05) is 12.1 Å². The van der Waals surface area contributed by atoms with Crippen molar-refractivity contribution in [1.82, 2.24) is 5.32 Å². The first-order valence-electron chi connectivity index (χ1n) is 5.85. The zero-order valence-corrected chi connectivity index (χ0v) is 11.3. The fraction of sp³-hybridized carbons (Fsp3) is 0.308. The van der Waals surface area contributed by atoms with Crippen molar-refractivity contribution in [2.45, 2.75) is 12.1 Å². The number of carbonyl (C=O) groups is 1. The van der Waals surface area contributed by atoms with Crippen LogP contribution in [-0.2, 0) is 14.3 Å². The molecule has 0 amide bonds. The summed E-state index contributed by atoms with van der Waals surface area (Å²) in [6.45, 7) is 0.594. The number of hydrogen-bond acceptors (Lipinski definition) is 5. The first kappa shape index (κ1) is 13.9. The van der Waals surface area contributed by atoms with Gasteiger partial charge in [0.1, 0.15) is 0 Å². The third-order valence-corrected chi connectivity index (χ3v) is 3.29. The Morgan fingerprint density at radius 2 is 2.05 bits per heavy atom. The highest BCUT2D eigenvalue weighted by molar-refractivity contribution is 7.86. The molecule has 1 aromatic carbocycles. The normalized spacial score (nSPS) is 20.4. The maximum absolute atomic E-state index is 12.3. The Morgan fingerprint density at radius 1 is 1.37 bits per heavy atom. The Hall–Kier alpha value is -1.50. The van der Waals surface area contributed by atoms with E-state index in [0.29, 0.717) is 12.1 Å². The summed E-state index contributed by atoms with van der Waals surface area (Å²) in [5.41, 5.74) is 0.429. The van der Waals surface area contributed by atoms with Crippen LogP contribution in [0.1, 0.15) is 10.4 Å². The fourth-order valence-corrected chi connectivity index (χ4v) is 2.50. The van der Waals surface area contributed by atoms with E-state index in [1.54, 1.807) is 36.4 Å². The molecule has 19 heavy (non-hydrogen) atoms. The molecule has 0 aliphatic carbocycles. The molecule has 1 N–H and O–H groups in total. The number of carbonyl (C=O) groups excluding carboxylic acids is 1. The minimum absolute atomic E-state index is 0.352. The van der Waals surface area contributed by atoms with E-state index in [4.69, 9.17) is 4.18 Å². The van der Waals surface area contributed by atoms with Crippen LogP contribution < -0.4 is 5.32 Å². The molecule has 102 valence electrons. The van der Waals surface area contributed by atoms with Crippen molar-refractivity contribution in [2.75, 3.05) is 12.8 Å². The monoisotopic (exact) mass is 281 g/mol. The number of nitrogens with one attached hydrogen (secondary N) is 1. The largest absolute Gasteiger partial charge is 0.304 e. The average Bonchev–Trinajstić information content (AvgIpc) is 2.89. The van der Waals surface area contributed by atoms with Gasteiger partial charge in [-0.25, -0.2) is 0 Å². The van der Waals surface area contributed by atoms with Crippen molar-refractivity contribution in [2.24, 2.45) is 0 Å². The van der Waals surface area contributed by atoms with Gasteiger partial charge >= 0.3 is 0 Å². The van der Waals surface area contributed by atoms with Gasteiger partial charge in [0.2, 0.25) is 0 Å². The highest BCUT2D eigenvalue weighted by Gasteiger charge is 2.32. The van der Waals surface area contributed by atoms with Crippen LogP contribution in [0.4, 0.5) is 0 Å². The van der Waals surface area contributed by atoms with Gasteiger partial charge in [-0.3, -0.25) is 8.98 Å². The predicted octanol–water partition coefficient (Wildman–Crippen LogP) is 0.742. The number of benzene rings is 1. The van der Waals surface area contributed by atoms with Crippen molar-refractivity contribution in [3.05, 3.63) is 48.0 Å². The lowest BCUT2D eigenvalue weighted by Gasteiger charge is -2.20. The summed E-state index contributed by atoms with van der Waals surface area (Å²) in [5.74, 6) is -0.352. The first-order valence-corrected chi connectivity index (χ1v) is 7.66. The van der Waals surface area contributed by atoms with E-state index in [0.717, 1.165) is 6.26 Å². The van der Waals surface area contributed by atoms with Crippen LogP contribution in [0, 0.1) is 0 Å². The Labute approximate surface area is 112 Å². The summed E-state index contributed by atoms with van der Waals surface area (Å²) in [6, 6.07) is 8.09. The van der Waals surface area contributed by atoms with E-state index in [9.17, 15) is 13.2 Å². The summed E-state index contributed by atoms with van der Waals surface area (Å²) < 4.78 is 27.6. The number of hydrogen-bond donors (Lipinski definition) is 1. The topological polar surface area (TPSA) is 72.5 Å². The second-order valence-electron chi connectivity index (χ2n) is 4.31. The minimum Gasteiger partial charge on any atom is -0.304 e. The van der Waals surface area contributed by atoms with Crippen molar-refractivity contribution in [1.29, 1.82) is 0 Å². The molecule has 1 aliphatic rings. The minimum atomic E-state index is -3.71. The van der Waals surface area contributed by atoms with Crippen LogP contribution in [0.15, 0.2) is 42.5 Å². The quantitative estimate of drug-likeness (QED) is 0.489. The molecule has 0 spiro atoms. The molecule has 0 fully saturated rings. The zero-order chi connectivity index (χ0) is 13.9. The van der Waals surface area contributed by atoms with E-state index >= 15 is 0 Å². The summed E-state index contributed by atoms with van der Waals surface area (Å²) in [4.78, 5) is 12.3. The van der Waals surface area contributed by atoms with Gasteiger partial charge in [-0.1, -0.05) is 42.5 Å². The zero-order valence-electron chi connectivity index (χ0n) is 10.4. The van der Waals surface area contributed by atoms with Gasteiger partial charge in [0.05, 0.1) is 12.3 Å². The summed E-state index contributed by atoms with van der Waals surface area (Å²) in [6.07, 6.45) is 3.45. The van der Waals surface area contributed by atoms with Gasteiger partial charge in [-0.15, -0.1) is 0 Å². The highest BCUT2D eigenvalue weighted by atomic mass is 32.2. The van der Waals surface area contributed by atoms with Crippen molar-refractivity contribution in [3.8, 4) is 0 Å². The van der Waals surface area contributed by atoms with Crippen LogP contribution in [-0.4, -0.2) is 39.1 Å². The van der Waals surface area contributed by atoms with Crippen LogP contribution >= 0.6 is 0 Å². The number of Topliss-reactive ketones (excluding diaryl/α,β-unsaturated/α-hetero) is 1. The van der Waals surface area contributed by atoms with E-state index in [-0.39, 0.29) is 5.78 Å². The van der Waals surface area contributed by atoms with Gasteiger partial charge < -0.3 is 5.32 Å². The number of ketones is 1. The Morgan fingerprint density at radius 3 is 2.58 bits per heavy atom. The maximum Gasteiger partial charge on any atom is 0.265 e. The molecule has 0 saturated carbocycles. The van der Waals surface area contributed by atoms with Crippen LogP contribution in [0.3, 0.4) is 0 Å². The smallest absolute Gasteiger partial charge is 0.265 e. The summed E-state index contributed by atoms with van der Waals surface area (Å²) >= 11 is 0. The fourth-order valence-electron chi connectivity index (χ4n) is 1.92. The lowest BCUT2D eigenvalue weighted by Crippen LogP contribution is -2.43. The third kappa shape index (κ3) is 3.73. The average molecular weight is 281 g/mol. The van der Waals surface area contributed by atoms with Gasteiger partial charge in [-0.05, 0) is 0 Å². The molecule has 2 atom stereocenters. The molecular formula is C13H15NO4S. The highest BCUT2D eigenvalue weighted by Crippen LogP contribution is 2.15. The van der Waals surface area contributed by atoms with E-state index < -0.39 is 22.3 Å². The van der Waals surface area contributed by atoms with E-state index in [1.165, 1.54) is 0 Å². The second-order valence-corrected chi connectivity index (χ2v) is 5.91. The van der Waals surface area contributed by atoms with Crippen molar-refractivity contribution < 1.29 is 17.4 Å². The standard InChI is InChI=1S/C13H15NO4S/c1-19(16,17)18-13(11-8-5-9-14-11)12(15)10-6-3-2-4-7-10/h2-8,11,13-14H,9H2,1H3/t11-,13?/m0/s1. The van der Waals surface area contributed by atoms with Crippen LogP contribution in [0.5, 0.6) is 0 Å². The van der Waals surface area contributed by atoms with Gasteiger partial charge in [0.25, 0.3) is 10.1 Å². The maximum atomic E-state index is 12.3. The summed E-state index contributed by atoms with van der Waals surface area (Å²) in [5, 5.41) is 3.01. The molecule has 6 heteroatoms. The Kier molecular flexibility index (Phi) is 4.14. The molecule has 5 nitrogen and oxygen atoms in total. The van der Waals surface area contributed by atoms with Crippen LogP contribution in [0.2, 0.25) is 0 Å².